The number of nitrogens with zero attached hydrogens (tertiary/aromatic N) is 3. The monoisotopic (exact) mass is 357 g/mol. The van der Waals surface area contributed by atoms with E-state index < -0.39 is 9.84 Å². The van der Waals surface area contributed by atoms with Gasteiger partial charge in [-0.1, -0.05) is 22.9 Å². The number of ether oxygens (including phenoxy) is 1. The fourth-order valence-corrected chi connectivity index (χ4v) is 3.59. The SMILES string of the molecule is COc1ccc(-c2cn(CCS(=O)(=O)c3ccc(C)cc3)nn2)cc1. The number of aromatic nitrogens is 3. The fraction of sp³-hybridized carbons (Fsp3) is 0.222. The summed E-state index contributed by atoms with van der Waals surface area (Å²) >= 11 is 0. The van der Waals surface area contributed by atoms with Crippen LogP contribution in [0.2, 0.25) is 0 Å². The summed E-state index contributed by atoms with van der Waals surface area (Å²) in [6, 6.07) is 14.3. The Balaban J connectivity index is 1.69. The first-order valence-electron chi connectivity index (χ1n) is 7.82. The molecule has 1 aromatic heterocycles. The van der Waals surface area contributed by atoms with Gasteiger partial charge in [0.25, 0.3) is 0 Å². The molecule has 0 aliphatic heterocycles. The lowest BCUT2D eigenvalue weighted by molar-refractivity contribution is 0.415. The summed E-state index contributed by atoms with van der Waals surface area (Å²) in [5.41, 5.74) is 2.61. The summed E-state index contributed by atoms with van der Waals surface area (Å²) in [6.07, 6.45) is 1.74. The minimum absolute atomic E-state index is 0.0263. The number of hydrogen-bond acceptors (Lipinski definition) is 5. The lowest BCUT2D eigenvalue weighted by Gasteiger charge is -2.04. The second-order valence-corrected chi connectivity index (χ2v) is 7.84. The summed E-state index contributed by atoms with van der Waals surface area (Å²) in [4.78, 5) is 0.327. The van der Waals surface area contributed by atoms with E-state index >= 15 is 0 Å². The molecule has 6 nitrogen and oxygen atoms in total. The topological polar surface area (TPSA) is 74.1 Å². The van der Waals surface area contributed by atoms with E-state index in [1.54, 1.807) is 42.3 Å². The molecular weight excluding hydrogens is 338 g/mol. The van der Waals surface area contributed by atoms with Gasteiger partial charge in [-0.2, -0.15) is 0 Å². The van der Waals surface area contributed by atoms with Crippen LogP contribution in [0.3, 0.4) is 0 Å². The number of benzene rings is 2. The van der Waals surface area contributed by atoms with Crippen molar-refractivity contribution >= 4 is 9.84 Å². The molecule has 3 rings (SSSR count). The Hall–Kier alpha value is -2.67. The number of rotatable bonds is 6. The molecule has 0 atom stereocenters. The number of hydrogen-bond donors (Lipinski definition) is 0. The molecular formula is C18H19N3O3S. The van der Waals surface area contributed by atoms with Gasteiger partial charge in [-0.25, -0.2) is 8.42 Å². The summed E-state index contributed by atoms with van der Waals surface area (Å²) < 4.78 is 31.5. The molecule has 0 bridgehead atoms. The Kier molecular flexibility index (Phi) is 4.85. The Labute approximate surface area is 147 Å². The van der Waals surface area contributed by atoms with Crippen LogP contribution < -0.4 is 4.74 Å². The molecule has 0 saturated carbocycles. The van der Waals surface area contributed by atoms with Crippen molar-refractivity contribution in [2.24, 2.45) is 0 Å². The molecule has 0 spiro atoms. The molecule has 0 aliphatic rings. The highest BCUT2D eigenvalue weighted by Crippen LogP contribution is 2.20. The average molecular weight is 357 g/mol. The molecule has 0 N–H and O–H groups in total. The smallest absolute Gasteiger partial charge is 0.180 e. The van der Waals surface area contributed by atoms with Gasteiger partial charge in [0.05, 0.1) is 30.5 Å². The van der Waals surface area contributed by atoms with Gasteiger partial charge in [0, 0.05) is 5.56 Å². The molecule has 25 heavy (non-hydrogen) atoms. The number of sulfone groups is 1. The van der Waals surface area contributed by atoms with E-state index in [9.17, 15) is 8.42 Å². The summed E-state index contributed by atoms with van der Waals surface area (Å²) in [5, 5.41) is 8.12. The Bertz CT molecular complexity index is 946. The summed E-state index contributed by atoms with van der Waals surface area (Å²) in [5.74, 6) is 0.738. The molecule has 1 heterocycles. The van der Waals surface area contributed by atoms with Crippen molar-refractivity contribution < 1.29 is 13.2 Å². The molecule has 130 valence electrons. The van der Waals surface area contributed by atoms with Gasteiger partial charge in [-0.15, -0.1) is 5.10 Å². The highest BCUT2D eigenvalue weighted by molar-refractivity contribution is 7.91. The van der Waals surface area contributed by atoms with Crippen LogP contribution in [-0.4, -0.2) is 36.3 Å². The third kappa shape index (κ3) is 4.06. The van der Waals surface area contributed by atoms with Gasteiger partial charge in [-0.05, 0) is 43.3 Å². The second-order valence-electron chi connectivity index (χ2n) is 5.73. The fourth-order valence-electron chi connectivity index (χ4n) is 2.38. The molecule has 0 aliphatic carbocycles. The van der Waals surface area contributed by atoms with E-state index in [2.05, 4.69) is 10.3 Å². The number of methoxy groups -OCH3 is 1. The van der Waals surface area contributed by atoms with Gasteiger partial charge in [0.2, 0.25) is 0 Å². The minimum atomic E-state index is -3.34. The zero-order chi connectivity index (χ0) is 17.9. The van der Waals surface area contributed by atoms with Crippen LogP contribution in [0.15, 0.2) is 59.6 Å². The van der Waals surface area contributed by atoms with Gasteiger partial charge < -0.3 is 4.74 Å². The van der Waals surface area contributed by atoms with Crippen LogP contribution in [-0.2, 0) is 16.4 Å². The Morgan fingerprint density at radius 1 is 1.04 bits per heavy atom. The normalized spacial score (nSPS) is 11.4. The predicted molar refractivity (Wildman–Crippen MR) is 95.2 cm³/mol. The van der Waals surface area contributed by atoms with Gasteiger partial charge in [0.15, 0.2) is 9.84 Å². The maximum Gasteiger partial charge on any atom is 0.180 e. The maximum absolute atomic E-state index is 12.4. The Morgan fingerprint density at radius 3 is 2.36 bits per heavy atom. The first-order valence-corrected chi connectivity index (χ1v) is 9.47. The van der Waals surface area contributed by atoms with Crippen molar-refractivity contribution in [1.29, 1.82) is 0 Å². The lowest BCUT2D eigenvalue weighted by atomic mass is 10.2. The van der Waals surface area contributed by atoms with E-state index in [1.807, 2.05) is 31.2 Å². The first kappa shape index (κ1) is 17.2. The molecule has 3 aromatic rings. The van der Waals surface area contributed by atoms with Gasteiger partial charge in [0.1, 0.15) is 11.4 Å². The van der Waals surface area contributed by atoms with E-state index in [-0.39, 0.29) is 12.3 Å². The molecule has 0 saturated heterocycles. The van der Waals surface area contributed by atoms with Crippen molar-refractivity contribution in [3.63, 3.8) is 0 Å². The molecule has 0 radical (unpaired) electrons. The van der Waals surface area contributed by atoms with Crippen molar-refractivity contribution in [3.05, 3.63) is 60.3 Å². The quantitative estimate of drug-likeness (QED) is 0.678. The van der Waals surface area contributed by atoms with Crippen molar-refractivity contribution in [1.82, 2.24) is 15.0 Å². The van der Waals surface area contributed by atoms with Crippen LogP contribution in [0.5, 0.6) is 5.75 Å². The predicted octanol–water partition coefficient (Wildman–Crippen LogP) is 2.74. The summed E-state index contributed by atoms with van der Waals surface area (Å²) in [7, 11) is -1.73. The molecule has 2 aromatic carbocycles. The van der Waals surface area contributed by atoms with E-state index in [1.165, 1.54) is 0 Å². The highest BCUT2D eigenvalue weighted by atomic mass is 32.2. The van der Waals surface area contributed by atoms with Crippen molar-refractivity contribution in [3.8, 4) is 17.0 Å². The number of aryl methyl sites for hydroxylation is 2. The lowest BCUT2D eigenvalue weighted by Crippen LogP contribution is -2.13. The Morgan fingerprint density at radius 2 is 1.72 bits per heavy atom. The van der Waals surface area contributed by atoms with Crippen LogP contribution >= 0.6 is 0 Å². The van der Waals surface area contributed by atoms with Gasteiger partial charge >= 0.3 is 0 Å². The zero-order valence-corrected chi connectivity index (χ0v) is 14.9. The first-order chi connectivity index (χ1) is 12.0. The van der Waals surface area contributed by atoms with E-state index in [0.29, 0.717) is 10.6 Å². The molecule has 0 amide bonds. The molecule has 7 heteroatoms. The van der Waals surface area contributed by atoms with Crippen molar-refractivity contribution in [2.75, 3.05) is 12.9 Å². The third-order valence-electron chi connectivity index (χ3n) is 3.89. The third-order valence-corrected chi connectivity index (χ3v) is 5.60. The van der Waals surface area contributed by atoms with E-state index in [0.717, 1.165) is 16.9 Å². The zero-order valence-electron chi connectivity index (χ0n) is 14.1. The second kappa shape index (κ2) is 7.06. The largest absolute Gasteiger partial charge is 0.497 e. The van der Waals surface area contributed by atoms with Crippen LogP contribution in [0.4, 0.5) is 0 Å². The minimum Gasteiger partial charge on any atom is -0.497 e. The van der Waals surface area contributed by atoms with Crippen molar-refractivity contribution in [2.45, 2.75) is 18.4 Å². The average Bonchev–Trinajstić information content (AvgIpc) is 3.10. The summed E-state index contributed by atoms with van der Waals surface area (Å²) in [6.45, 7) is 2.17. The van der Waals surface area contributed by atoms with Crippen LogP contribution in [0, 0.1) is 6.92 Å². The molecule has 0 unspecified atom stereocenters. The standard InChI is InChI=1S/C18H19N3O3S/c1-14-3-9-17(10-4-14)25(22,23)12-11-21-13-18(19-20-21)15-5-7-16(24-2)8-6-15/h3-10,13H,11-12H2,1-2H3. The van der Waals surface area contributed by atoms with E-state index in [4.69, 9.17) is 4.74 Å². The molecule has 0 fully saturated rings. The highest BCUT2D eigenvalue weighted by Gasteiger charge is 2.15. The van der Waals surface area contributed by atoms with Crippen LogP contribution in [0.25, 0.3) is 11.3 Å². The van der Waals surface area contributed by atoms with Gasteiger partial charge in [-0.3, -0.25) is 4.68 Å². The van der Waals surface area contributed by atoms with Crippen LogP contribution in [0.1, 0.15) is 5.56 Å². The maximum atomic E-state index is 12.4.